The van der Waals surface area contributed by atoms with Gasteiger partial charge in [-0.15, -0.1) is 0 Å². The summed E-state index contributed by atoms with van der Waals surface area (Å²) in [6.45, 7) is 15.6. The molecule has 0 amide bonds. The Labute approximate surface area is 903 Å². The molecule has 0 saturated carbocycles. The van der Waals surface area contributed by atoms with Gasteiger partial charge in [-0.05, 0) is 338 Å². The highest BCUT2D eigenvalue weighted by Gasteiger charge is 2.28. The molecule has 28 rings (SSSR count). The van der Waals surface area contributed by atoms with Crippen LogP contribution in [0, 0.1) is 27.7 Å². The van der Waals surface area contributed by atoms with E-state index in [1.807, 2.05) is 0 Å². The standard InChI is InChI=1S/C44H32Br2.C36H22BrN.C32H26BrN.C28H18BrN/c1-44(2,3)33-19-17-32(18-20-33)39-26-41(46)37-23-21-34-38(25-40(45)36-24-22-35(39)43(37)42(34)36)31-15-13-30(14-16-31)29-11-9-28(10-12-29)27-7-5-4-6-8-27;37-32-20-16-23-15-19-31-33(21-17-24-14-18-30(32)35(23)36(24)31)38(26-9-2-1-3-10-26)34-22-25-8-4-5-11-27(25)28-12-6-7-13-29(28)34;1-19-5-7-21(3)29(17-19)34(30-18-20(2)6-8-22(30)4)28-16-12-24-9-13-25-27(33)15-11-23-10-14-26(28)32(24)31(23)25;29-25-17-13-19-12-16-24-26(18-14-20-11-15-23(25)27(19)28(20)24)30(21-7-3-1-4-8-21)22-9-5-2-6-10-22/h4-26H,1-3H3;1-22H;5-18H,1-4H3;1-18H. The molecule has 0 atom stereocenters. The molecule has 3 nitrogen and oxygen atoms in total. The third-order valence-electron chi connectivity index (χ3n) is 30.1. The Bertz CT molecular complexity index is 9890. The van der Waals surface area contributed by atoms with Gasteiger partial charge < -0.3 is 14.7 Å². The molecule has 28 aromatic carbocycles. The van der Waals surface area contributed by atoms with Gasteiger partial charge in [0.05, 0.1) is 22.7 Å². The molecule has 28 aromatic rings. The van der Waals surface area contributed by atoms with Crippen LogP contribution in [-0.2, 0) is 5.41 Å². The van der Waals surface area contributed by atoms with E-state index in [0.29, 0.717) is 0 Å². The van der Waals surface area contributed by atoms with Gasteiger partial charge in [-0.25, -0.2) is 0 Å². The summed E-state index contributed by atoms with van der Waals surface area (Å²) in [6, 6.07) is 170. The van der Waals surface area contributed by atoms with Crippen molar-refractivity contribution in [3.05, 3.63) is 517 Å². The third kappa shape index (κ3) is 16.7. The van der Waals surface area contributed by atoms with Crippen LogP contribution in [0.15, 0.2) is 489 Å². The SMILES string of the molecule is Brc1ccc2ccc3c(N(c4ccccc4)c4cc5ccccc5c5ccccc45)ccc4ccc1c2c43.Brc1ccc2ccc3c(N(c4ccccc4)c4ccccc4)ccc4ccc1c2c43.CC(C)(C)c1ccc(-c2cc(Br)c3ccc4c(-c5ccc(-c6ccc(-c7ccccc7)cc6)cc5)cc(Br)c5ccc2c3c54)cc1.Cc1ccc(C)c(N(c2cc(C)ccc2C)c2ccc3ccc4c(Br)ccc5ccc2c3c54)c1. The Morgan fingerprint density at radius 3 is 0.865 bits per heavy atom. The molecule has 0 aliphatic rings. The molecule has 0 saturated heterocycles. The molecule has 0 heterocycles. The summed E-state index contributed by atoms with van der Waals surface area (Å²) in [5.41, 5.74) is 27.0. The van der Waals surface area contributed by atoms with Crippen molar-refractivity contribution in [3.8, 4) is 44.5 Å². The number of hydrogen-bond acceptors (Lipinski definition) is 3. The van der Waals surface area contributed by atoms with Crippen LogP contribution < -0.4 is 14.7 Å². The molecular weight excluding hydrogens is 2120 g/mol. The summed E-state index contributed by atoms with van der Waals surface area (Å²) >= 11 is 19.3. The molecule has 0 fully saturated rings. The predicted octanol–water partition coefficient (Wildman–Crippen LogP) is 44.1. The van der Waals surface area contributed by atoms with Crippen molar-refractivity contribution in [2.24, 2.45) is 0 Å². The Morgan fingerprint density at radius 1 is 0.169 bits per heavy atom. The molecule has 0 aromatic heterocycles. The van der Waals surface area contributed by atoms with Crippen molar-refractivity contribution in [1.29, 1.82) is 0 Å². The van der Waals surface area contributed by atoms with Crippen LogP contribution in [-0.4, -0.2) is 0 Å². The minimum Gasteiger partial charge on any atom is -0.310 e. The highest BCUT2D eigenvalue weighted by atomic mass is 79.9. The first-order chi connectivity index (χ1) is 72.3. The Morgan fingerprint density at radius 2 is 0.459 bits per heavy atom. The van der Waals surface area contributed by atoms with Crippen molar-refractivity contribution in [2.75, 3.05) is 14.7 Å². The second kappa shape index (κ2) is 38.5. The van der Waals surface area contributed by atoms with Crippen LogP contribution >= 0.6 is 79.6 Å². The maximum atomic E-state index is 3.96. The number of aryl methyl sites for hydroxylation is 4. The maximum Gasteiger partial charge on any atom is 0.0546 e. The van der Waals surface area contributed by atoms with Gasteiger partial charge in [-0.2, -0.15) is 0 Å². The number of hydrogen-bond donors (Lipinski definition) is 0. The van der Waals surface area contributed by atoms with Gasteiger partial charge in [0.15, 0.2) is 0 Å². The first kappa shape index (κ1) is 93.7. The molecule has 148 heavy (non-hydrogen) atoms. The first-order valence-electron chi connectivity index (χ1n) is 50.4. The molecule has 0 aliphatic carbocycles. The van der Waals surface area contributed by atoms with Crippen LogP contribution in [0.4, 0.5) is 51.2 Å². The van der Waals surface area contributed by atoms with Gasteiger partial charge in [0, 0.05) is 72.3 Å². The van der Waals surface area contributed by atoms with Crippen molar-refractivity contribution in [1.82, 2.24) is 0 Å². The van der Waals surface area contributed by atoms with Crippen molar-refractivity contribution in [3.63, 3.8) is 0 Å². The van der Waals surface area contributed by atoms with E-state index in [0.717, 1.165) is 39.4 Å². The number of rotatable bonds is 13. The first-order valence-corrected chi connectivity index (χ1v) is 54.4. The highest BCUT2D eigenvalue weighted by Crippen LogP contribution is 2.54. The molecule has 8 heteroatoms. The van der Waals surface area contributed by atoms with E-state index in [2.05, 4.69) is 610 Å². The Balaban J connectivity index is 0.000000104. The second-order valence-electron chi connectivity index (χ2n) is 40.2. The van der Waals surface area contributed by atoms with Crippen LogP contribution in [0.1, 0.15) is 48.6 Å². The average Bonchev–Trinajstić information content (AvgIpc) is 0.723. The molecule has 708 valence electrons. The van der Waals surface area contributed by atoms with Crippen LogP contribution in [0.3, 0.4) is 0 Å². The van der Waals surface area contributed by atoms with Crippen LogP contribution in [0.2, 0.25) is 0 Å². The van der Waals surface area contributed by atoms with Gasteiger partial charge >= 0.3 is 0 Å². The molecule has 0 radical (unpaired) electrons. The minimum absolute atomic E-state index is 0.121. The fourth-order valence-electron chi connectivity index (χ4n) is 22.8. The number of para-hydroxylation sites is 3. The van der Waals surface area contributed by atoms with Gasteiger partial charge in [0.25, 0.3) is 0 Å². The monoisotopic (exact) mass is 2220 g/mol. The smallest absolute Gasteiger partial charge is 0.0546 e. The molecule has 0 unspecified atom stereocenters. The zero-order valence-electron chi connectivity index (χ0n) is 82.7. The number of benzene rings is 28. The van der Waals surface area contributed by atoms with E-state index >= 15 is 0 Å². The summed E-state index contributed by atoms with van der Waals surface area (Å²) in [5.74, 6) is 0. The lowest BCUT2D eigenvalue weighted by Crippen LogP contribution is -2.13. The van der Waals surface area contributed by atoms with Crippen LogP contribution in [0.5, 0.6) is 0 Å². The average molecular weight is 2220 g/mol. The lowest BCUT2D eigenvalue weighted by molar-refractivity contribution is 0.590. The van der Waals surface area contributed by atoms with Gasteiger partial charge in [0.2, 0.25) is 0 Å². The largest absolute Gasteiger partial charge is 0.310 e. The zero-order valence-corrected chi connectivity index (χ0v) is 90.6. The normalized spacial score (nSPS) is 11.8. The number of halogens is 5. The molecular formula is C140H98Br5N3. The number of nitrogens with zero attached hydrogens (tertiary/aromatic N) is 3. The number of anilines is 9. The van der Waals surface area contributed by atoms with Crippen molar-refractivity contribution < 1.29 is 0 Å². The van der Waals surface area contributed by atoms with E-state index < -0.39 is 0 Å². The summed E-state index contributed by atoms with van der Waals surface area (Å²) < 4.78 is 5.64. The quantitative estimate of drug-likeness (QED) is 0.107. The summed E-state index contributed by atoms with van der Waals surface area (Å²) in [7, 11) is 0. The second-order valence-corrected chi connectivity index (χ2v) is 44.4. The van der Waals surface area contributed by atoms with Gasteiger partial charge in [-0.1, -0.05) is 464 Å². The van der Waals surface area contributed by atoms with E-state index in [-0.39, 0.29) is 5.41 Å². The predicted molar refractivity (Wildman–Crippen MR) is 658 cm³/mol. The van der Waals surface area contributed by atoms with Gasteiger partial charge in [0.1, 0.15) is 0 Å². The zero-order chi connectivity index (χ0) is 100. The van der Waals surface area contributed by atoms with Crippen LogP contribution in [0.25, 0.3) is 195 Å². The lowest BCUT2D eigenvalue weighted by atomic mass is 9.84. The van der Waals surface area contributed by atoms with Crippen molar-refractivity contribution in [2.45, 2.75) is 53.9 Å². The Hall–Kier alpha value is -15.4. The summed E-state index contributed by atoms with van der Waals surface area (Å²) in [4.78, 5) is 7.25. The van der Waals surface area contributed by atoms with E-state index in [1.165, 1.54) is 257 Å². The fraction of sp³-hybridized carbons (Fsp3) is 0.0571. The highest BCUT2D eigenvalue weighted by molar-refractivity contribution is 9.11. The summed E-state index contributed by atoms with van der Waals surface area (Å²) in [5, 5.41) is 35.7. The van der Waals surface area contributed by atoms with Crippen molar-refractivity contribution >= 4 is 282 Å². The fourth-order valence-corrected chi connectivity index (χ4v) is 25.3. The molecule has 0 spiro atoms. The minimum atomic E-state index is 0.121. The van der Waals surface area contributed by atoms with E-state index in [9.17, 15) is 0 Å². The summed E-state index contributed by atoms with van der Waals surface area (Å²) in [6.07, 6.45) is 0. The number of fused-ring (bicyclic) bond motifs is 3. The van der Waals surface area contributed by atoms with E-state index in [4.69, 9.17) is 0 Å². The van der Waals surface area contributed by atoms with Gasteiger partial charge in [-0.3, -0.25) is 0 Å². The molecule has 0 bridgehead atoms. The third-order valence-corrected chi connectivity index (χ3v) is 33.5. The van der Waals surface area contributed by atoms with E-state index in [1.54, 1.807) is 0 Å². The Kier molecular flexibility index (Phi) is 24.4. The molecule has 0 aliphatic heterocycles. The maximum absolute atomic E-state index is 3.96. The molecule has 0 N–H and O–H groups in total. The topological polar surface area (TPSA) is 9.72 Å². The lowest BCUT2D eigenvalue weighted by Gasteiger charge is -2.30.